The van der Waals surface area contributed by atoms with Crippen LogP contribution in [0.1, 0.15) is 26.3 Å². The lowest BCUT2D eigenvalue weighted by Gasteiger charge is -1.99. The van der Waals surface area contributed by atoms with Crippen LogP contribution in [0.15, 0.2) is 18.2 Å². The van der Waals surface area contributed by atoms with E-state index in [1.54, 1.807) is 6.07 Å². The molecule has 5 nitrogen and oxygen atoms in total. The third-order valence-electron chi connectivity index (χ3n) is 1.62. The average molecular weight is 191 g/mol. The van der Waals surface area contributed by atoms with Gasteiger partial charge in [0.25, 0.3) is 0 Å². The van der Waals surface area contributed by atoms with Crippen LogP contribution < -0.4 is 0 Å². The topological polar surface area (TPSA) is 98.4 Å². The molecule has 0 aliphatic carbocycles. The van der Waals surface area contributed by atoms with Gasteiger partial charge in [0.1, 0.15) is 6.07 Å². The lowest BCUT2D eigenvalue weighted by atomic mass is 10.1. The molecule has 0 atom stereocenters. The number of carbonyl (C=O) groups is 2. The van der Waals surface area contributed by atoms with Gasteiger partial charge in [-0.3, -0.25) is 0 Å². The standard InChI is InChI=1S/C9H5NO4/c10-4-6-3-5(8(11)12)1-2-7(6)9(13)14/h1-3H,(H,11,12)(H,13,14). The molecule has 0 bridgehead atoms. The van der Waals surface area contributed by atoms with E-state index in [9.17, 15) is 9.59 Å². The summed E-state index contributed by atoms with van der Waals surface area (Å²) in [6, 6.07) is 4.91. The molecule has 0 heterocycles. The molecule has 0 spiro atoms. The van der Waals surface area contributed by atoms with Crippen LogP contribution in [0.3, 0.4) is 0 Å². The molecular formula is C9H5NO4. The highest BCUT2D eigenvalue weighted by molar-refractivity contribution is 5.94. The number of carboxylic acids is 2. The molecule has 0 fully saturated rings. The quantitative estimate of drug-likeness (QED) is 0.725. The molecule has 5 heteroatoms. The lowest BCUT2D eigenvalue weighted by Crippen LogP contribution is -2.03. The molecule has 0 amide bonds. The first-order valence-electron chi connectivity index (χ1n) is 3.57. The summed E-state index contributed by atoms with van der Waals surface area (Å²) in [5.74, 6) is -2.45. The normalized spacial score (nSPS) is 9.07. The summed E-state index contributed by atoms with van der Waals surface area (Å²) in [5, 5.41) is 25.8. The van der Waals surface area contributed by atoms with Gasteiger partial charge in [-0.05, 0) is 18.2 Å². The van der Waals surface area contributed by atoms with Crippen LogP contribution in [0.2, 0.25) is 0 Å². The Morgan fingerprint density at radius 3 is 2.29 bits per heavy atom. The Kier molecular flexibility index (Phi) is 2.49. The van der Waals surface area contributed by atoms with Gasteiger partial charge in [-0.2, -0.15) is 5.26 Å². The van der Waals surface area contributed by atoms with Crippen molar-refractivity contribution in [1.29, 1.82) is 5.26 Å². The molecule has 1 aromatic rings. The zero-order valence-electron chi connectivity index (χ0n) is 6.89. The highest BCUT2D eigenvalue weighted by Gasteiger charge is 2.12. The van der Waals surface area contributed by atoms with Gasteiger partial charge < -0.3 is 10.2 Å². The van der Waals surface area contributed by atoms with E-state index in [-0.39, 0.29) is 16.7 Å². The number of nitrogens with zero attached hydrogens (tertiary/aromatic N) is 1. The Balaban J connectivity index is 3.34. The SMILES string of the molecule is N#Cc1cc(C(=O)O)ccc1C(=O)O. The Morgan fingerprint density at radius 1 is 1.21 bits per heavy atom. The van der Waals surface area contributed by atoms with Gasteiger partial charge in [0.2, 0.25) is 0 Å². The molecule has 14 heavy (non-hydrogen) atoms. The molecular weight excluding hydrogens is 186 g/mol. The maximum Gasteiger partial charge on any atom is 0.337 e. The Hall–Kier alpha value is -2.35. The molecule has 1 rings (SSSR count). The molecule has 0 aromatic heterocycles. The number of benzene rings is 1. The van der Waals surface area contributed by atoms with Gasteiger partial charge in [-0.15, -0.1) is 0 Å². The number of hydrogen-bond acceptors (Lipinski definition) is 3. The Morgan fingerprint density at radius 2 is 1.86 bits per heavy atom. The summed E-state index contributed by atoms with van der Waals surface area (Å²) in [4.78, 5) is 21.1. The molecule has 1 aromatic carbocycles. The number of rotatable bonds is 2. The highest BCUT2D eigenvalue weighted by Crippen LogP contribution is 2.11. The molecule has 70 valence electrons. The van der Waals surface area contributed by atoms with E-state index in [0.29, 0.717) is 0 Å². The van der Waals surface area contributed by atoms with Crippen molar-refractivity contribution in [2.75, 3.05) is 0 Å². The summed E-state index contributed by atoms with van der Waals surface area (Å²) in [6.07, 6.45) is 0. The number of nitriles is 1. The molecule has 0 radical (unpaired) electrons. The second kappa shape index (κ2) is 3.58. The zero-order chi connectivity index (χ0) is 10.7. The largest absolute Gasteiger partial charge is 0.478 e. The molecule has 2 N–H and O–H groups in total. The summed E-state index contributed by atoms with van der Waals surface area (Å²) in [5.41, 5.74) is -0.457. The molecule has 0 saturated carbocycles. The van der Waals surface area contributed by atoms with Crippen LogP contribution in [0.25, 0.3) is 0 Å². The van der Waals surface area contributed by atoms with Crippen molar-refractivity contribution in [3.8, 4) is 6.07 Å². The minimum absolute atomic E-state index is 0.105. The van der Waals surface area contributed by atoms with Crippen molar-refractivity contribution in [3.05, 3.63) is 34.9 Å². The first kappa shape index (κ1) is 9.74. The van der Waals surface area contributed by atoms with Crippen molar-refractivity contribution in [1.82, 2.24) is 0 Å². The summed E-state index contributed by atoms with van der Waals surface area (Å²) in [6.45, 7) is 0. The Labute approximate surface area is 78.8 Å². The molecule has 0 aliphatic heterocycles. The van der Waals surface area contributed by atoms with Crippen LogP contribution >= 0.6 is 0 Å². The van der Waals surface area contributed by atoms with Crippen LogP contribution in [-0.4, -0.2) is 22.2 Å². The predicted octanol–water partition coefficient (Wildman–Crippen LogP) is 0.955. The number of aromatic carboxylic acids is 2. The average Bonchev–Trinajstić information content (AvgIpc) is 2.16. The van der Waals surface area contributed by atoms with Crippen molar-refractivity contribution < 1.29 is 19.8 Å². The first-order valence-corrected chi connectivity index (χ1v) is 3.57. The van der Waals surface area contributed by atoms with Crippen LogP contribution in [0.5, 0.6) is 0 Å². The third kappa shape index (κ3) is 1.69. The van der Waals surface area contributed by atoms with Crippen molar-refractivity contribution >= 4 is 11.9 Å². The number of hydrogen-bond donors (Lipinski definition) is 2. The number of carboxylic acid groups (broad SMARTS) is 2. The fraction of sp³-hybridized carbons (Fsp3) is 0. The van der Waals surface area contributed by atoms with E-state index in [2.05, 4.69) is 0 Å². The fourth-order valence-corrected chi connectivity index (χ4v) is 0.956. The molecule has 0 saturated heterocycles. The van der Waals surface area contributed by atoms with E-state index in [1.807, 2.05) is 0 Å². The van der Waals surface area contributed by atoms with Crippen molar-refractivity contribution in [2.24, 2.45) is 0 Å². The first-order chi connectivity index (χ1) is 6.56. The summed E-state index contributed by atoms with van der Waals surface area (Å²) in [7, 11) is 0. The highest BCUT2D eigenvalue weighted by atomic mass is 16.4. The molecule has 0 aliphatic rings. The lowest BCUT2D eigenvalue weighted by molar-refractivity contribution is 0.0681. The van der Waals surface area contributed by atoms with Crippen LogP contribution in [0.4, 0.5) is 0 Å². The van der Waals surface area contributed by atoms with E-state index in [4.69, 9.17) is 15.5 Å². The summed E-state index contributed by atoms with van der Waals surface area (Å²) < 4.78 is 0. The van der Waals surface area contributed by atoms with E-state index >= 15 is 0 Å². The van der Waals surface area contributed by atoms with Crippen LogP contribution in [-0.2, 0) is 0 Å². The fourth-order valence-electron chi connectivity index (χ4n) is 0.956. The molecule has 0 unspecified atom stereocenters. The maximum absolute atomic E-state index is 10.6. The Bertz CT molecular complexity index is 445. The van der Waals surface area contributed by atoms with Gasteiger partial charge in [0.15, 0.2) is 0 Å². The van der Waals surface area contributed by atoms with Gasteiger partial charge >= 0.3 is 11.9 Å². The zero-order valence-corrected chi connectivity index (χ0v) is 6.89. The monoisotopic (exact) mass is 191 g/mol. The third-order valence-corrected chi connectivity index (χ3v) is 1.62. The predicted molar refractivity (Wildman–Crippen MR) is 45.1 cm³/mol. The van der Waals surface area contributed by atoms with E-state index in [0.717, 1.165) is 18.2 Å². The minimum Gasteiger partial charge on any atom is -0.478 e. The minimum atomic E-state index is -1.25. The van der Waals surface area contributed by atoms with Gasteiger partial charge in [-0.25, -0.2) is 9.59 Å². The summed E-state index contributed by atoms with van der Waals surface area (Å²) >= 11 is 0. The van der Waals surface area contributed by atoms with Gasteiger partial charge in [-0.1, -0.05) is 0 Å². The second-order valence-corrected chi connectivity index (χ2v) is 2.48. The van der Waals surface area contributed by atoms with E-state index in [1.165, 1.54) is 0 Å². The smallest absolute Gasteiger partial charge is 0.337 e. The van der Waals surface area contributed by atoms with Crippen molar-refractivity contribution in [3.63, 3.8) is 0 Å². The second-order valence-electron chi connectivity index (χ2n) is 2.48. The maximum atomic E-state index is 10.6. The van der Waals surface area contributed by atoms with Crippen LogP contribution in [0, 0.1) is 11.3 Å². The van der Waals surface area contributed by atoms with E-state index < -0.39 is 11.9 Å². The van der Waals surface area contributed by atoms with Gasteiger partial charge in [0.05, 0.1) is 16.7 Å². The van der Waals surface area contributed by atoms with Crippen molar-refractivity contribution in [2.45, 2.75) is 0 Å². The van der Waals surface area contributed by atoms with Gasteiger partial charge in [0, 0.05) is 0 Å².